The predicted octanol–water partition coefficient (Wildman–Crippen LogP) is 3.68. The third-order valence-corrected chi connectivity index (χ3v) is 4.73. The van der Waals surface area contributed by atoms with Crippen LogP contribution in [0.4, 0.5) is 0 Å². The fourth-order valence-electron chi connectivity index (χ4n) is 3.14. The fraction of sp³-hybridized carbons (Fsp3) is 0.304. The Morgan fingerprint density at radius 1 is 1.04 bits per heavy atom. The third kappa shape index (κ3) is 5.55. The molecule has 0 unspecified atom stereocenters. The summed E-state index contributed by atoms with van der Waals surface area (Å²) in [6.07, 6.45) is 9.07. The largest absolute Gasteiger partial charge is 0.348 e. The van der Waals surface area contributed by atoms with Crippen molar-refractivity contribution in [1.29, 1.82) is 0 Å². The van der Waals surface area contributed by atoms with Crippen LogP contribution in [0.5, 0.6) is 0 Å². The van der Waals surface area contributed by atoms with Crippen molar-refractivity contribution in [1.82, 2.24) is 9.88 Å². The number of carbonyl (C=O) groups excluding carboxylic acids is 1. The van der Waals surface area contributed by atoms with E-state index in [1.165, 1.54) is 0 Å². The lowest BCUT2D eigenvalue weighted by molar-refractivity contribution is -0.696. The van der Waals surface area contributed by atoms with Crippen LogP contribution >= 0.6 is 0 Å². The topological polar surface area (TPSA) is 37.9 Å². The number of aromatic nitrogens is 2. The Bertz CT molecular complexity index is 827. The highest BCUT2D eigenvalue weighted by Gasteiger charge is 2.25. The lowest BCUT2D eigenvalue weighted by atomic mass is 10.0. The minimum atomic E-state index is -0.265. The number of imidazole rings is 1. The highest BCUT2D eigenvalue weighted by molar-refractivity contribution is 5.80. The molecule has 4 heteroatoms. The first-order chi connectivity index (χ1) is 13.3. The minimum Gasteiger partial charge on any atom is -0.348 e. The molecule has 1 heterocycles. The molecule has 1 atom stereocenters. The lowest BCUT2D eigenvalue weighted by Gasteiger charge is -2.14. The van der Waals surface area contributed by atoms with Gasteiger partial charge in [-0.25, -0.2) is 9.13 Å². The molecule has 0 bridgehead atoms. The number of benzene rings is 2. The second-order valence-corrected chi connectivity index (χ2v) is 6.86. The summed E-state index contributed by atoms with van der Waals surface area (Å²) in [7, 11) is 0. The van der Waals surface area contributed by atoms with E-state index in [1.807, 2.05) is 65.6 Å². The number of amides is 1. The lowest BCUT2D eigenvalue weighted by Crippen LogP contribution is -2.35. The van der Waals surface area contributed by atoms with E-state index in [1.54, 1.807) is 0 Å². The summed E-state index contributed by atoms with van der Waals surface area (Å²) in [4.78, 5) is 13.0. The van der Waals surface area contributed by atoms with Crippen LogP contribution in [0.1, 0.15) is 36.9 Å². The normalized spacial score (nSPS) is 11.9. The van der Waals surface area contributed by atoms with Crippen molar-refractivity contribution in [2.24, 2.45) is 0 Å². The zero-order valence-corrected chi connectivity index (χ0v) is 15.9. The molecule has 3 rings (SSSR count). The third-order valence-electron chi connectivity index (χ3n) is 4.73. The average Bonchev–Trinajstić information content (AvgIpc) is 3.19. The van der Waals surface area contributed by atoms with Crippen molar-refractivity contribution in [3.63, 3.8) is 0 Å². The van der Waals surface area contributed by atoms with Crippen LogP contribution in [0.15, 0.2) is 79.4 Å². The van der Waals surface area contributed by atoms with Crippen molar-refractivity contribution in [3.05, 3.63) is 90.5 Å². The molecule has 0 saturated carbocycles. The van der Waals surface area contributed by atoms with Gasteiger partial charge in [-0.05, 0) is 17.5 Å². The van der Waals surface area contributed by atoms with Crippen LogP contribution in [-0.4, -0.2) is 10.5 Å². The van der Waals surface area contributed by atoms with Gasteiger partial charge in [-0.1, -0.05) is 74.0 Å². The number of aryl methyl sites for hydroxylation is 1. The van der Waals surface area contributed by atoms with E-state index < -0.39 is 0 Å². The minimum absolute atomic E-state index is 0.0425. The van der Waals surface area contributed by atoms with Gasteiger partial charge in [0.15, 0.2) is 6.04 Å². The van der Waals surface area contributed by atoms with Crippen molar-refractivity contribution in [2.75, 3.05) is 0 Å². The first-order valence-electron chi connectivity index (χ1n) is 9.68. The van der Waals surface area contributed by atoms with E-state index >= 15 is 0 Å². The van der Waals surface area contributed by atoms with Gasteiger partial charge in [0.05, 0.1) is 6.54 Å². The fourth-order valence-corrected chi connectivity index (χ4v) is 3.14. The highest BCUT2D eigenvalue weighted by atomic mass is 16.2. The molecular weight excluding hydrogens is 334 g/mol. The van der Waals surface area contributed by atoms with Crippen molar-refractivity contribution in [3.8, 4) is 0 Å². The van der Waals surface area contributed by atoms with Gasteiger partial charge in [0.1, 0.15) is 12.4 Å². The van der Waals surface area contributed by atoms with E-state index in [0.717, 1.165) is 30.5 Å². The van der Waals surface area contributed by atoms with Gasteiger partial charge in [0, 0.05) is 13.0 Å². The highest BCUT2D eigenvalue weighted by Crippen LogP contribution is 2.15. The van der Waals surface area contributed by atoms with E-state index in [4.69, 9.17) is 0 Å². The van der Waals surface area contributed by atoms with Gasteiger partial charge in [0.2, 0.25) is 6.33 Å². The van der Waals surface area contributed by atoms with Crippen LogP contribution in [0.2, 0.25) is 0 Å². The molecule has 0 fully saturated rings. The molecule has 1 amide bonds. The summed E-state index contributed by atoms with van der Waals surface area (Å²) in [6.45, 7) is 3.71. The Balaban J connectivity index is 1.74. The second-order valence-electron chi connectivity index (χ2n) is 6.86. The molecule has 3 aromatic rings. The maximum absolute atomic E-state index is 13.0. The number of carbonyl (C=O) groups is 1. The summed E-state index contributed by atoms with van der Waals surface area (Å²) in [5, 5.41) is 3.10. The standard InChI is InChI=1S/C23H27N3O/c1-2-3-14-25-15-16-26(19-25)22(17-20-10-6-4-7-11-20)23(27)24-18-21-12-8-5-9-13-21/h4-13,15-16,19,22H,2-3,14,17-18H2,1H3/p+1/t22-/m0/s1. The maximum Gasteiger partial charge on any atom is 0.266 e. The molecule has 27 heavy (non-hydrogen) atoms. The summed E-state index contributed by atoms with van der Waals surface area (Å²) < 4.78 is 4.19. The summed E-state index contributed by atoms with van der Waals surface area (Å²) in [6, 6.07) is 20.0. The Morgan fingerprint density at radius 2 is 1.70 bits per heavy atom. The van der Waals surface area contributed by atoms with Gasteiger partial charge in [0.25, 0.3) is 5.91 Å². The molecule has 0 aliphatic carbocycles. The smallest absolute Gasteiger partial charge is 0.266 e. The predicted molar refractivity (Wildman–Crippen MR) is 107 cm³/mol. The van der Waals surface area contributed by atoms with Crippen molar-refractivity contribution < 1.29 is 9.36 Å². The molecule has 0 aliphatic rings. The van der Waals surface area contributed by atoms with Crippen LogP contribution in [-0.2, 0) is 24.3 Å². The molecule has 2 aromatic carbocycles. The van der Waals surface area contributed by atoms with E-state index in [-0.39, 0.29) is 11.9 Å². The SMILES string of the molecule is CCCC[n+]1ccn([C@@H](Cc2ccccc2)C(=O)NCc2ccccc2)c1. The second kappa shape index (κ2) is 9.72. The summed E-state index contributed by atoms with van der Waals surface area (Å²) in [5.74, 6) is 0.0425. The molecule has 0 saturated heterocycles. The maximum atomic E-state index is 13.0. The summed E-state index contributed by atoms with van der Waals surface area (Å²) in [5.41, 5.74) is 2.26. The van der Waals surface area contributed by atoms with Crippen molar-refractivity contribution >= 4 is 5.91 Å². The van der Waals surface area contributed by atoms with E-state index in [9.17, 15) is 4.79 Å². The Hall–Kier alpha value is -2.88. The first kappa shape index (κ1) is 18.9. The Kier molecular flexibility index (Phi) is 6.80. The van der Waals surface area contributed by atoms with Gasteiger partial charge in [-0.3, -0.25) is 4.79 Å². The number of unbranched alkanes of at least 4 members (excludes halogenated alkanes) is 1. The van der Waals surface area contributed by atoms with Crippen LogP contribution in [0.3, 0.4) is 0 Å². The van der Waals surface area contributed by atoms with E-state index in [2.05, 4.69) is 35.1 Å². The number of nitrogens with zero attached hydrogens (tertiary/aromatic N) is 2. The molecule has 0 spiro atoms. The summed E-state index contributed by atoms with van der Waals surface area (Å²) >= 11 is 0. The van der Waals surface area contributed by atoms with Crippen LogP contribution in [0.25, 0.3) is 0 Å². The quantitative estimate of drug-likeness (QED) is 0.580. The average molecular weight is 362 g/mol. The number of rotatable bonds is 9. The van der Waals surface area contributed by atoms with Gasteiger partial charge < -0.3 is 5.32 Å². The molecular formula is C23H28N3O+. The molecule has 0 radical (unpaired) electrons. The first-order valence-corrected chi connectivity index (χ1v) is 9.68. The van der Waals surface area contributed by atoms with E-state index in [0.29, 0.717) is 13.0 Å². The Labute approximate surface area is 161 Å². The Morgan fingerprint density at radius 3 is 2.37 bits per heavy atom. The monoisotopic (exact) mass is 362 g/mol. The van der Waals surface area contributed by atoms with Gasteiger partial charge in [-0.2, -0.15) is 0 Å². The number of nitrogens with one attached hydrogen (secondary N) is 1. The molecule has 4 nitrogen and oxygen atoms in total. The zero-order valence-electron chi connectivity index (χ0n) is 15.9. The van der Waals surface area contributed by atoms with Gasteiger partial charge >= 0.3 is 0 Å². The molecule has 0 aliphatic heterocycles. The van der Waals surface area contributed by atoms with Crippen molar-refractivity contribution in [2.45, 2.75) is 45.3 Å². The van der Waals surface area contributed by atoms with Crippen LogP contribution < -0.4 is 9.88 Å². The van der Waals surface area contributed by atoms with Crippen LogP contribution in [0, 0.1) is 0 Å². The molecule has 1 N–H and O–H groups in total. The molecule has 1 aromatic heterocycles. The molecule has 140 valence electrons. The number of hydrogen-bond donors (Lipinski definition) is 1. The number of hydrogen-bond acceptors (Lipinski definition) is 1. The van der Waals surface area contributed by atoms with Gasteiger partial charge in [-0.15, -0.1) is 0 Å². The zero-order chi connectivity index (χ0) is 18.9.